The summed E-state index contributed by atoms with van der Waals surface area (Å²) in [7, 11) is 4.81. The van der Waals surface area contributed by atoms with Gasteiger partial charge in [-0.3, -0.25) is 4.90 Å². The summed E-state index contributed by atoms with van der Waals surface area (Å²) in [6.07, 6.45) is 1.23. The number of carbonyl (C=O) groups excluding carboxylic acids is 2. The molecule has 0 bridgehead atoms. The minimum Gasteiger partial charge on any atom is -0.497 e. The number of anilines is 1. The van der Waals surface area contributed by atoms with E-state index in [1.165, 1.54) is 0 Å². The average Bonchev–Trinajstić information content (AvgIpc) is 2.97. The molecule has 204 valence electrons. The molecule has 2 aliphatic heterocycles. The van der Waals surface area contributed by atoms with Crippen molar-refractivity contribution in [1.29, 1.82) is 0 Å². The Kier molecular flexibility index (Phi) is 7.63. The van der Waals surface area contributed by atoms with Crippen molar-refractivity contribution in [1.82, 2.24) is 4.90 Å². The first-order valence-corrected chi connectivity index (χ1v) is 13.2. The van der Waals surface area contributed by atoms with Crippen LogP contribution in [0, 0.1) is 5.92 Å². The van der Waals surface area contributed by atoms with Crippen LogP contribution in [0.25, 0.3) is 0 Å². The molecule has 1 saturated heterocycles. The van der Waals surface area contributed by atoms with Crippen LogP contribution in [0.2, 0.25) is 0 Å². The summed E-state index contributed by atoms with van der Waals surface area (Å²) < 4.78 is 22.2. The largest absolute Gasteiger partial charge is 0.497 e. The van der Waals surface area contributed by atoms with Gasteiger partial charge in [0.2, 0.25) is 0 Å². The number of benzene rings is 3. The van der Waals surface area contributed by atoms with Crippen molar-refractivity contribution < 1.29 is 28.5 Å². The summed E-state index contributed by atoms with van der Waals surface area (Å²) >= 11 is 0. The van der Waals surface area contributed by atoms with E-state index in [0.29, 0.717) is 42.3 Å². The number of amides is 2. The Morgan fingerprint density at radius 2 is 1.62 bits per heavy atom. The minimum absolute atomic E-state index is 0.216. The summed E-state index contributed by atoms with van der Waals surface area (Å²) in [4.78, 5) is 31.5. The Hall–Kier alpha value is -4.20. The van der Waals surface area contributed by atoms with Gasteiger partial charge in [0, 0.05) is 18.2 Å². The Bertz CT molecular complexity index is 1330. The topological polar surface area (TPSA) is 77.5 Å². The maximum atomic E-state index is 14.3. The van der Waals surface area contributed by atoms with E-state index in [1.807, 2.05) is 47.4 Å². The van der Waals surface area contributed by atoms with E-state index >= 15 is 0 Å². The van der Waals surface area contributed by atoms with Crippen LogP contribution < -0.4 is 19.1 Å². The van der Waals surface area contributed by atoms with Gasteiger partial charge < -0.3 is 23.8 Å². The average molecular weight is 531 g/mol. The maximum Gasteiger partial charge on any atom is 0.329 e. The van der Waals surface area contributed by atoms with E-state index in [0.717, 1.165) is 16.7 Å². The molecule has 8 nitrogen and oxygen atoms in total. The lowest BCUT2D eigenvalue weighted by atomic mass is 9.75. The number of rotatable bonds is 8. The molecule has 5 rings (SSSR count). The molecule has 0 N–H and O–H groups in total. The van der Waals surface area contributed by atoms with Crippen LogP contribution in [0.4, 0.5) is 10.5 Å². The normalized spacial score (nSPS) is 20.1. The molecule has 0 saturated carbocycles. The summed E-state index contributed by atoms with van der Waals surface area (Å²) in [5.74, 6) is 1.18. The second kappa shape index (κ2) is 11.3. The van der Waals surface area contributed by atoms with E-state index in [4.69, 9.17) is 18.9 Å². The molecule has 1 fully saturated rings. The van der Waals surface area contributed by atoms with Crippen LogP contribution in [0.1, 0.15) is 29.7 Å². The van der Waals surface area contributed by atoms with Crippen molar-refractivity contribution in [3.63, 3.8) is 0 Å². The molecule has 0 spiro atoms. The number of fused-ring (bicyclic) bond motifs is 3. The number of esters is 1. The van der Waals surface area contributed by atoms with Crippen LogP contribution in [0.3, 0.4) is 0 Å². The zero-order chi connectivity index (χ0) is 27.5. The minimum atomic E-state index is -0.841. The molecule has 0 unspecified atom stereocenters. The highest BCUT2D eigenvalue weighted by Crippen LogP contribution is 2.48. The van der Waals surface area contributed by atoms with Crippen molar-refractivity contribution in [2.75, 3.05) is 39.4 Å². The Morgan fingerprint density at radius 1 is 0.923 bits per heavy atom. The van der Waals surface area contributed by atoms with Gasteiger partial charge in [-0.1, -0.05) is 30.3 Å². The van der Waals surface area contributed by atoms with Gasteiger partial charge in [0.1, 0.15) is 11.8 Å². The maximum absolute atomic E-state index is 14.3. The van der Waals surface area contributed by atoms with Gasteiger partial charge in [0.05, 0.1) is 34.0 Å². The van der Waals surface area contributed by atoms with Gasteiger partial charge >= 0.3 is 12.0 Å². The number of methoxy groups -OCH3 is 3. The summed E-state index contributed by atoms with van der Waals surface area (Å²) in [6.45, 7) is 2.51. The summed E-state index contributed by atoms with van der Waals surface area (Å²) in [6, 6.07) is 19.8. The van der Waals surface area contributed by atoms with E-state index in [9.17, 15) is 9.59 Å². The highest BCUT2D eigenvalue weighted by molar-refractivity contribution is 6.00. The molecule has 3 aromatic rings. The number of carbonyl (C=O) groups is 2. The first kappa shape index (κ1) is 26.4. The third-order valence-corrected chi connectivity index (χ3v) is 7.66. The van der Waals surface area contributed by atoms with Gasteiger partial charge in [0.15, 0.2) is 11.5 Å². The molecule has 3 atom stereocenters. The van der Waals surface area contributed by atoms with E-state index in [1.54, 1.807) is 45.3 Å². The van der Waals surface area contributed by atoms with Crippen molar-refractivity contribution in [3.8, 4) is 17.2 Å². The molecule has 2 heterocycles. The predicted molar refractivity (Wildman–Crippen MR) is 148 cm³/mol. The summed E-state index contributed by atoms with van der Waals surface area (Å²) in [5, 5.41) is 0. The number of hydrogen-bond donors (Lipinski definition) is 0. The third kappa shape index (κ3) is 4.87. The molecule has 0 aliphatic carbocycles. The lowest BCUT2D eigenvalue weighted by Gasteiger charge is -2.52. The highest BCUT2D eigenvalue weighted by Gasteiger charge is 2.53. The number of ether oxygens (including phenoxy) is 4. The van der Waals surface area contributed by atoms with Gasteiger partial charge in [0.25, 0.3) is 0 Å². The Balaban J connectivity index is 1.69. The predicted octanol–water partition coefficient (Wildman–Crippen LogP) is 5.04. The molecule has 2 aliphatic rings. The molecule has 0 radical (unpaired) electrons. The van der Waals surface area contributed by atoms with E-state index in [2.05, 4.69) is 12.1 Å². The highest BCUT2D eigenvalue weighted by atomic mass is 16.5. The van der Waals surface area contributed by atoms with Gasteiger partial charge in [-0.25, -0.2) is 9.59 Å². The SMILES string of the molecule is CCOC(=O)[C@@H]1[C@H](Cc2ccccc2)[C@H]2c3cc(OC)c(OC)cc3CCN2C(=O)N1c1ccc(OC)cc1. The molecular formula is C31H34N2O6. The first-order chi connectivity index (χ1) is 19.0. The molecule has 39 heavy (non-hydrogen) atoms. The number of urea groups is 1. The zero-order valence-corrected chi connectivity index (χ0v) is 22.8. The van der Waals surface area contributed by atoms with Crippen molar-refractivity contribution in [3.05, 3.63) is 83.4 Å². The fraction of sp³-hybridized carbons (Fsp3) is 0.355. The lowest BCUT2D eigenvalue weighted by Crippen LogP contribution is -2.64. The van der Waals surface area contributed by atoms with Gasteiger partial charge in [-0.2, -0.15) is 0 Å². The van der Waals surface area contributed by atoms with Crippen LogP contribution in [-0.2, 0) is 22.4 Å². The van der Waals surface area contributed by atoms with E-state index in [-0.39, 0.29) is 24.6 Å². The van der Waals surface area contributed by atoms with Crippen molar-refractivity contribution in [2.24, 2.45) is 5.92 Å². The molecule has 3 aromatic carbocycles. The van der Waals surface area contributed by atoms with Crippen LogP contribution in [0.5, 0.6) is 17.2 Å². The third-order valence-electron chi connectivity index (χ3n) is 7.66. The molecule has 0 aromatic heterocycles. The second-order valence-electron chi connectivity index (χ2n) is 9.70. The van der Waals surface area contributed by atoms with Crippen molar-refractivity contribution >= 4 is 17.7 Å². The van der Waals surface area contributed by atoms with Crippen LogP contribution in [-0.4, -0.2) is 57.4 Å². The smallest absolute Gasteiger partial charge is 0.329 e. The van der Waals surface area contributed by atoms with Crippen LogP contribution >= 0.6 is 0 Å². The molecule has 2 amide bonds. The fourth-order valence-electron chi connectivity index (χ4n) is 5.91. The van der Waals surface area contributed by atoms with E-state index < -0.39 is 12.0 Å². The lowest BCUT2D eigenvalue weighted by molar-refractivity contribution is -0.147. The van der Waals surface area contributed by atoms with Crippen LogP contribution in [0.15, 0.2) is 66.7 Å². The van der Waals surface area contributed by atoms with Gasteiger partial charge in [-0.15, -0.1) is 0 Å². The first-order valence-electron chi connectivity index (χ1n) is 13.2. The molecule has 8 heteroatoms. The standard InChI is InChI=1S/C31H34N2O6/c1-5-39-30(34)29-25(17-20-9-7-6-8-10-20)28-24-19-27(38-4)26(37-3)18-21(24)15-16-32(28)31(35)33(29)22-11-13-23(36-2)14-12-22/h6-14,18-19,25,28-29H,5,15-17H2,1-4H3/t25-,28-,29+/m1/s1. The fourth-order valence-corrected chi connectivity index (χ4v) is 5.91. The van der Waals surface area contributed by atoms with Crippen molar-refractivity contribution in [2.45, 2.75) is 31.8 Å². The number of hydrogen-bond acceptors (Lipinski definition) is 6. The molecular weight excluding hydrogens is 496 g/mol. The second-order valence-corrected chi connectivity index (χ2v) is 9.70. The Labute approximate surface area is 229 Å². The zero-order valence-electron chi connectivity index (χ0n) is 22.8. The quantitative estimate of drug-likeness (QED) is 0.380. The summed E-state index contributed by atoms with van der Waals surface area (Å²) in [5.41, 5.74) is 3.75. The number of nitrogens with zero attached hydrogens (tertiary/aromatic N) is 2. The van der Waals surface area contributed by atoms with Gasteiger partial charge in [-0.05, 0) is 72.9 Å². The monoisotopic (exact) mass is 530 g/mol. The Morgan fingerprint density at radius 3 is 2.26 bits per heavy atom.